The van der Waals surface area contributed by atoms with Crippen molar-refractivity contribution in [2.75, 3.05) is 87.2 Å². The summed E-state index contributed by atoms with van der Waals surface area (Å²) >= 11 is 4.21. The molecule has 2 aromatic heterocycles. The Kier molecular flexibility index (Phi) is 22.4. The van der Waals surface area contributed by atoms with Crippen LogP contribution >= 0.6 is 62.2 Å². The fourth-order valence-corrected chi connectivity index (χ4v) is 12.3. The molecule has 0 spiro atoms. The van der Waals surface area contributed by atoms with Crippen molar-refractivity contribution < 1.29 is 55.9 Å². The Morgan fingerprint density at radius 3 is 1.48 bits per heavy atom. The van der Waals surface area contributed by atoms with E-state index in [-0.39, 0.29) is 125 Å². The number of nitrogen functional groups attached to an aromatic ring is 1. The van der Waals surface area contributed by atoms with Gasteiger partial charge in [-0.1, -0.05) is 130 Å². The first kappa shape index (κ1) is 59.3. The molecule has 1 unspecified atom stereocenters. The summed E-state index contributed by atoms with van der Waals surface area (Å²) in [7, 11) is -7.80. The predicted molar refractivity (Wildman–Crippen MR) is 269 cm³/mol. The number of nitrogens with two attached hydrogens (primary N) is 1. The second-order valence-electron chi connectivity index (χ2n) is 19.8. The summed E-state index contributed by atoms with van der Waals surface area (Å²) in [5.41, 5.74) is 3.15. The van der Waals surface area contributed by atoms with E-state index in [2.05, 4.69) is 15.0 Å². The van der Waals surface area contributed by atoms with E-state index >= 15 is 0 Å². The molecule has 0 radical (unpaired) electrons. The number of nitrogens with one attached hydrogen (secondary N) is 1. The molecule has 25 heteroatoms. The van der Waals surface area contributed by atoms with Crippen molar-refractivity contribution >= 4 is 106 Å². The van der Waals surface area contributed by atoms with Crippen LogP contribution in [-0.4, -0.2) is 138 Å². The number of nitrogens with zero attached hydrogens (tertiary/aromatic N) is 4. The van der Waals surface area contributed by atoms with Crippen molar-refractivity contribution in [3.8, 4) is 0 Å². The van der Waals surface area contributed by atoms with E-state index in [1.165, 1.54) is 11.2 Å². The minimum atomic E-state index is -3.93. The lowest BCUT2D eigenvalue weighted by atomic mass is 9.99. The number of aromatic nitrogens is 4. The van der Waals surface area contributed by atoms with E-state index in [1.807, 2.05) is 0 Å². The number of imidazole rings is 1. The zero-order valence-corrected chi connectivity index (χ0v) is 45.9. The first-order valence-corrected chi connectivity index (χ1v) is 29.3. The highest BCUT2D eigenvalue weighted by Crippen LogP contribution is 2.50. The predicted octanol–water partition coefficient (Wildman–Crippen LogP) is 7.54. The van der Waals surface area contributed by atoms with Crippen LogP contribution in [0.1, 0.15) is 95.5 Å². The molecule has 0 aliphatic carbocycles. The second kappa shape index (κ2) is 25.4. The maximum Gasteiger partial charge on any atom is 0.333 e. The van der Waals surface area contributed by atoms with Gasteiger partial charge < -0.3 is 38.0 Å². The normalized spacial score (nSPS) is 16.5. The third-order valence-electron chi connectivity index (χ3n) is 9.56. The zero-order chi connectivity index (χ0) is 50.6. The van der Waals surface area contributed by atoms with Crippen LogP contribution in [0.3, 0.4) is 0 Å². The number of carbonyl (C=O) groups excluding carboxylic acids is 5. The molecule has 3 N–H and O–H groups in total. The van der Waals surface area contributed by atoms with E-state index in [0.29, 0.717) is 0 Å². The number of fused-ring (bicyclic) bond motifs is 1. The van der Waals surface area contributed by atoms with Gasteiger partial charge in [-0.3, -0.25) is 42.9 Å². The van der Waals surface area contributed by atoms with Crippen molar-refractivity contribution in [3.05, 3.63) is 16.7 Å². The number of ether oxygens (including phenoxy) is 1. The summed E-state index contributed by atoms with van der Waals surface area (Å²) in [6.07, 6.45) is -0.172. The van der Waals surface area contributed by atoms with Gasteiger partial charge in [0, 0.05) is 64.2 Å². The standard InChI is InChI=1S/C42H70N6O13P2S4/c1-39(2,3)34(51)64-21-15-58-62(55,59-16-22-65-35(52)40(4,5)6)19-13-30(49)47-25-28(48-27-44-31-32(48)45-38(43)46-33(31)50)29(26-47)57-14-20-63(56,60-17-23-66-36(53)41(7,8)9)61-18-24-67-37(54)42(10,11)12/h27-29H,13-26H2,1-12H3,(H3,43,45,46,50)/t28?,29-/m0/s1. The molecule has 2 aromatic rings. The van der Waals surface area contributed by atoms with Crippen molar-refractivity contribution in [3.63, 3.8) is 0 Å². The smallest absolute Gasteiger partial charge is 0.333 e. The first-order valence-electron chi connectivity index (χ1n) is 21.9. The molecule has 0 aromatic carbocycles. The Bertz CT molecular complexity index is 2120. The quantitative estimate of drug-likeness (QED) is 0.0760. The molecular weight excluding hydrogens is 987 g/mol. The number of anilines is 1. The monoisotopic (exact) mass is 1060 g/mol. The van der Waals surface area contributed by atoms with Gasteiger partial charge in [-0.05, 0) is 0 Å². The van der Waals surface area contributed by atoms with Crippen LogP contribution in [0.25, 0.3) is 11.2 Å². The Morgan fingerprint density at radius 2 is 1.07 bits per heavy atom. The molecule has 1 saturated heterocycles. The molecule has 0 saturated carbocycles. The number of aromatic amines is 1. The van der Waals surface area contributed by atoms with E-state index in [0.717, 1.165) is 47.0 Å². The average Bonchev–Trinajstić information content (AvgIpc) is 3.83. The van der Waals surface area contributed by atoms with Crippen LogP contribution < -0.4 is 11.3 Å². The molecule has 1 aliphatic heterocycles. The van der Waals surface area contributed by atoms with Gasteiger partial charge in [0.15, 0.2) is 31.6 Å². The number of rotatable bonds is 24. The molecule has 1 amide bonds. The number of carbonyl (C=O) groups is 5. The zero-order valence-electron chi connectivity index (χ0n) is 40.8. The molecule has 19 nitrogen and oxygen atoms in total. The number of hydrogen-bond donors (Lipinski definition) is 2. The SMILES string of the molecule is CC(C)(C)C(=O)SCCOP(=O)(CCO[C@H]1CN(C(=O)CCP(=O)(OCCSC(=O)C(C)(C)C)OCCSC(=O)C(C)(C)C)CC1n1cnc2c(=O)[nH]c(N)nc21)OCCSC(=O)C(C)(C)C. The summed E-state index contributed by atoms with van der Waals surface area (Å²) in [4.78, 5) is 89.3. The molecule has 1 fully saturated rings. The van der Waals surface area contributed by atoms with Crippen LogP contribution in [-0.2, 0) is 55.9 Å². The lowest BCUT2D eigenvalue weighted by Gasteiger charge is -2.23. The minimum Gasteiger partial charge on any atom is -0.373 e. The van der Waals surface area contributed by atoms with Gasteiger partial charge >= 0.3 is 15.2 Å². The fraction of sp³-hybridized carbons (Fsp3) is 0.762. The Balaban J connectivity index is 1.81. The molecule has 2 atom stereocenters. The number of amides is 1. The van der Waals surface area contributed by atoms with Crippen LogP contribution in [0.4, 0.5) is 5.95 Å². The van der Waals surface area contributed by atoms with Gasteiger partial charge in [0.1, 0.15) is 0 Å². The molecular formula is C42H70N6O13P2S4. The van der Waals surface area contributed by atoms with E-state index in [9.17, 15) is 37.9 Å². The number of thioether (sulfide) groups is 4. The van der Waals surface area contributed by atoms with Gasteiger partial charge in [-0.2, -0.15) is 4.98 Å². The Morgan fingerprint density at radius 1 is 0.672 bits per heavy atom. The van der Waals surface area contributed by atoms with Crippen LogP contribution in [0.2, 0.25) is 0 Å². The van der Waals surface area contributed by atoms with Crippen LogP contribution in [0.5, 0.6) is 0 Å². The maximum atomic E-state index is 14.2. The van der Waals surface area contributed by atoms with Crippen LogP contribution in [0.15, 0.2) is 11.1 Å². The fourth-order valence-electron chi connectivity index (χ4n) is 5.73. The van der Waals surface area contributed by atoms with E-state index < -0.39 is 60.5 Å². The minimum absolute atomic E-state index is 0.00803. The summed E-state index contributed by atoms with van der Waals surface area (Å²) < 4.78 is 59.5. The number of hydrogen-bond acceptors (Lipinski definition) is 20. The van der Waals surface area contributed by atoms with E-state index in [1.54, 1.807) is 87.7 Å². The molecule has 1 aliphatic rings. The van der Waals surface area contributed by atoms with Crippen molar-refractivity contribution in [1.29, 1.82) is 0 Å². The number of H-pyrrole nitrogens is 1. The molecule has 3 rings (SSSR count). The van der Waals surface area contributed by atoms with Gasteiger partial charge in [-0.15, -0.1) is 0 Å². The third-order valence-corrected chi connectivity index (χ3v) is 18.3. The van der Waals surface area contributed by atoms with Crippen molar-refractivity contribution in [2.45, 2.75) is 102 Å². The summed E-state index contributed by atoms with van der Waals surface area (Å²) in [5, 5.41) is -0.248. The average molecular weight is 1060 g/mol. The molecule has 3 heterocycles. The summed E-state index contributed by atoms with van der Waals surface area (Å²) in [6.45, 7) is 21.1. The van der Waals surface area contributed by atoms with Crippen molar-refractivity contribution in [1.82, 2.24) is 24.4 Å². The van der Waals surface area contributed by atoms with Gasteiger partial charge in [0.05, 0.1) is 63.8 Å². The Labute approximate surface area is 411 Å². The van der Waals surface area contributed by atoms with Gasteiger partial charge in [0.25, 0.3) is 5.56 Å². The molecule has 380 valence electrons. The first-order chi connectivity index (χ1) is 30.8. The molecule has 67 heavy (non-hydrogen) atoms. The van der Waals surface area contributed by atoms with Gasteiger partial charge in [-0.25, -0.2) is 4.98 Å². The third kappa shape index (κ3) is 19.6. The second-order valence-corrected chi connectivity index (χ2v) is 28.5. The highest BCUT2D eigenvalue weighted by Gasteiger charge is 2.40. The summed E-state index contributed by atoms with van der Waals surface area (Å²) in [6, 6.07) is -0.683. The topological polar surface area (TPSA) is 258 Å². The lowest BCUT2D eigenvalue weighted by Crippen LogP contribution is -2.31. The highest BCUT2D eigenvalue weighted by atomic mass is 32.2. The Hall–Kier alpha value is -2.04. The highest BCUT2D eigenvalue weighted by molar-refractivity contribution is 8.14. The van der Waals surface area contributed by atoms with Crippen molar-refractivity contribution in [2.24, 2.45) is 21.7 Å². The number of likely N-dealkylation sites (tertiary alicyclic amines) is 1. The maximum absolute atomic E-state index is 14.2. The van der Waals surface area contributed by atoms with Crippen LogP contribution in [0, 0.1) is 21.7 Å². The lowest BCUT2D eigenvalue weighted by molar-refractivity contribution is -0.130. The molecule has 0 bridgehead atoms. The summed E-state index contributed by atoms with van der Waals surface area (Å²) in [5.74, 6) is 0.282. The van der Waals surface area contributed by atoms with Gasteiger partial charge in [0.2, 0.25) is 11.9 Å². The largest absolute Gasteiger partial charge is 0.373 e. The van der Waals surface area contributed by atoms with E-state index in [4.69, 9.17) is 28.6 Å².